The van der Waals surface area contributed by atoms with Crippen LogP contribution in [0.1, 0.15) is 27.5 Å². The fraction of sp³-hybridized carbons (Fsp3) is 0.211. The van der Waals surface area contributed by atoms with Crippen molar-refractivity contribution >= 4 is 41.6 Å². The van der Waals surface area contributed by atoms with Crippen molar-refractivity contribution in [3.63, 3.8) is 0 Å². The van der Waals surface area contributed by atoms with Crippen LogP contribution in [0.15, 0.2) is 30.3 Å². The number of nitrogens with zero attached hydrogens (tertiary/aromatic N) is 1. The van der Waals surface area contributed by atoms with Gasteiger partial charge in [0.15, 0.2) is 5.75 Å². The van der Waals surface area contributed by atoms with Crippen LogP contribution in [-0.4, -0.2) is 42.0 Å². The molecule has 10 heteroatoms. The van der Waals surface area contributed by atoms with E-state index in [2.05, 4.69) is 5.32 Å². The van der Waals surface area contributed by atoms with Crippen LogP contribution in [-0.2, 0) is 11.3 Å². The largest absolute Gasteiger partial charge is 0.505 e. The maximum atomic E-state index is 12.8. The SMILES string of the molecule is COc1ccc2c(c1)C(=O)N(C[C@H](NC(=O)NC=O)c1cc(Cl)c(O)c(Cl)c1)C2. The number of carbonyl (C=O) groups excluding carboxylic acids is 3. The van der Waals surface area contributed by atoms with Crippen molar-refractivity contribution in [3.8, 4) is 11.5 Å². The number of carbonyl (C=O) groups is 3. The summed E-state index contributed by atoms with van der Waals surface area (Å²) in [7, 11) is 1.52. The number of methoxy groups -OCH3 is 1. The Hall–Kier alpha value is -2.97. The Bertz CT molecular complexity index is 959. The maximum absolute atomic E-state index is 12.8. The molecule has 0 radical (unpaired) electrons. The third-order valence-corrected chi connectivity index (χ3v) is 5.11. The Kier molecular flexibility index (Phi) is 6.14. The van der Waals surface area contributed by atoms with Crippen molar-refractivity contribution in [1.29, 1.82) is 0 Å². The van der Waals surface area contributed by atoms with E-state index >= 15 is 0 Å². The summed E-state index contributed by atoms with van der Waals surface area (Å²) in [6.07, 6.45) is 0.242. The first-order valence-electron chi connectivity index (χ1n) is 8.48. The van der Waals surface area contributed by atoms with Gasteiger partial charge in [0.2, 0.25) is 6.41 Å². The molecule has 8 nitrogen and oxygen atoms in total. The van der Waals surface area contributed by atoms with E-state index < -0.39 is 12.1 Å². The minimum atomic E-state index is -0.754. The van der Waals surface area contributed by atoms with Crippen molar-refractivity contribution in [3.05, 3.63) is 57.1 Å². The van der Waals surface area contributed by atoms with E-state index in [0.717, 1.165) is 5.56 Å². The fourth-order valence-electron chi connectivity index (χ4n) is 3.11. The zero-order chi connectivity index (χ0) is 21.1. The van der Waals surface area contributed by atoms with E-state index in [9.17, 15) is 19.5 Å². The second kappa shape index (κ2) is 8.59. The Balaban J connectivity index is 1.88. The average molecular weight is 438 g/mol. The highest BCUT2D eigenvalue weighted by atomic mass is 35.5. The number of imide groups is 1. The van der Waals surface area contributed by atoms with E-state index in [1.807, 2.05) is 11.4 Å². The fourth-order valence-corrected chi connectivity index (χ4v) is 3.61. The Labute approximate surface area is 176 Å². The predicted octanol–water partition coefficient (Wildman–Crippen LogP) is 2.86. The molecule has 3 N–H and O–H groups in total. The zero-order valence-electron chi connectivity index (χ0n) is 15.2. The summed E-state index contributed by atoms with van der Waals surface area (Å²) in [4.78, 5) is 36.9. The second-order valence-electron chi connectivity index (χ2n) is 6.33. The quantitative estimate of drug-likeness (QED) is 0.602. The summed E-state index contributed by atoms with van der Waals surface area (Å²) in [6.45, 7) is 0.421. The normalized spacial score (nSPS) is 13.6. The maximum Gasteiger partial charge on any atom is 0.321 e. The van der Waals surface area contributed by atoms with Crippen molar-refractivity contribution < 1.29 is 24.2 Å². The first kappa shape index (κ1) is 20.8. The molecule has 152 valence electrons. The molecular formula is C19H17Cl2N3O5. The van der Waals surface area contributed by atoms with Gasteiger partial charge in [-0.05, 0) is 35.4 Å². The summed E-state index contributed by atoms with van der Waals surface area (Å²) in [5.41, 5.74) is 1.80. The van der Waals surface area contributed by atoms with Crippen molar-refractivity contribution in [2.75, 3.05) is 13.7 Å². The van der Waals surface area contributed by atoms with Crippen LogP contribution in [0.2, 0.25) is 10.0 Å². The van der Waals surface area contributed by atoms with Crippen LogP contribution < -0.4 is 15.4 Å². The van der Waals surface area contributed by atoms with Gasteiger partial charge in [0.05, 0.1) is 23.2 Å². The lowest BCUT2D eigenvalue weighted by atomic mass is 10.1. The number of rotatable bonds is 6. The molecule has 0 aromatic heterocycles. The van der Waals surface area contributed by atoms with E-state index in [1.54, 1.807) is 17.0 Å². The average Bonchev–Trinajstić information content (AvgIpc) is 3.00. The number of hydrogen-bond acceptors (Lipinski definition) is 5. The molecule has 1 aliphatic heterocycles. The van der Waals surface area contributed by atoms with Crippen molar-refractivity contribution in [2.24, 2.45) is 0 Å². The minimum Gasteiger partial charge on any atom is -0.505 e. The number of amides is 4. The number of ether oxygens (including phenoxy) is 1. The van der Waals surface area contributed by atoms with Crippen LogP contribution in [0.4, 0.5) is 4.79 Å². The number of phenolic OH excluding ortho intramolecular Hbond substituents is 1. The van der Waals surface area contributed by atoms with Crippen LogP contribution >= 0.6 is 23.2 Å². The van der Waals surface area contributed by atoms with Gasteiger partial charge in [0.25, 0.3) is 5.91 Å². The molecule has 3 rings (SSSR count). The number of halogens is 2. The smallest absolute Gasteiger partial charge is 0.321 e. The number of urea groups is 1. The standard InChI is InChI=1S/C19H17Cl2N3O5/c1-29-12-3-2-10-7-24(18(27)13(10)6-12)8-16(23-19(28)22-9-25)11-4-14(20)17(26)15(21)5-11/h2-6,9,16,26H,7-8H2,1H3,(H2,22,23,25,28)/t16-/m0/s1. The Morgan fingerprint density at radius 1 is 1.31 bits per heavy atom. The first-order valence-corrected chi connectivity index (χ1v) is 9.24. The van der Waals surface area contributed by atoms with E-state index in [0.29, 0.717) is 23.4 Å². The summed E-state index contributed by atoms with van der Waals surface area (Å²) in [5.74, 6) is 0.0541. The summed E-state index contributed by atoms with van der Waals surface area (Å²) in [5, 5.41) is 14.4. The molecule has 4 amide bonds. The molecule has 2 aromatic rings. The van der Waals surface area contributed by atoms with Gasteiger partial charge in [-0.1, -0.05) is 29.3 Å². The molecule has 0 bridgehead atoms. The number of benzene rings is 2. The predicted molar refractivity (Wildman–Crippen MR) is 106 cm³/mol. The number of aromatic hydroxyl groups is 1. The number of phenols is 1. The zero-order valence-corrected chi connectivity index (χ0v) is 16.8. The molecule has 29 heavy (non-hydrogen) atoms. The molecule has 1 aliphatic rings. The van der Waals surface area contributed by atoms with Crippen molar-refractivity contribution in [2.45, 2.75) is 12.6 Å². The lowest BCUT2D eigenvalue weighted by Gasteiger charge is -2.25. The second-order valence-corrected chi connectivity index (χ2v) is 7.14. The molecule has 0 saturated heterocycles. The van der Waals surface area contributed by atoms with Crippen LogP contribution in [0.5, 0.6) is 11.5 Å². The van der Waals surface area contributed by atoms with Crippen LogP contribution in [0.3, 0.4) is 0 Å². The number of nitrogens with one attached hydrogen (secondary N) is 2. The molecule has 0 saturated carbocycles. The number of hydrogen-bond donors (Lipinski definition) is 3. The Morgan fingerprint density at radius 2 is 2.00 bits per heavy atom. The first-order chi connectivity index (χ1) is 13.8. The van der Waals surface area contributed by atoms with Gasteiger partial charge in [0, 0.05) is 18.7 Å². The highest BCUT2D eigenvalue weighted by Gasteiger charge is 2.31. The molecular weight excluding hydrogens is 421 g/mol. The van der Waals surface area contributed by atoms with Crippen LogP contribution in [0.25, 0.3) is 0 Å². The van der Waals surface area contributed by atoms with Crippen molar-refractivity contribution in [1.82, 2.24) is 15.5 Å². The molecule has 2 aromatic carbocycles. The molecule has 1 heterocycles. The molecule has 0 spiro atoms. The van der Waals surface area contributed by atoms with Gasteiger partial charge in [-0.3, -0.25) is 14.9 Å². The monoisotopic (exact) mass is 437 g/mol. The van der Waals surface area contributed by atoms with E-state index in [1.165, 1.54) is 19.2 Å². The molecule has 0 unspecified atom stereocenters. The third-order valence-electron chi connectivity index (χ3n) is 4.54. The lowest BCUT2D eigenvalue weighted by molar-refractivity contribution is -0.108. The van der Waals surface area contributed by atoms with Gasteiger partial charge < -0.3 is 20.1 Å². The van der Waals surface area contributed by atoms with Gasteiger partial charge in [-0.15, -0.1) is 0 Å². The van der Waals surface area contributed by atoms with E-state index in [4.69, 9.17) is 27.9 Å². The summed E-state index contributed by atoms with van der Waals surface area (Å²) < 4.78 is 5.17. The molecule has 1 atom stereocenters. The Morgan fingerprint density at radius 3 is 2.62 bits per heavy atom. The highest BCUT2D eigenvalue weighted by molar-refractivity contribution is 6.37. The topological polar surface area (TPSA) is 108 Å². The number of fused-ring (bicyclic) bond motifs is 1. The van der Waals surface area contributed by atoms with Gasteiger partial charge in [-0.25, -0.2) is 4.79 Å². The molecule has 0 aliphatic carbocycles. The third kappa shape index (κ3) is 4.38. The van der Waals surface area contributed by atoms with Gasteiger partial charge in [-0.2, -0.15) is 0 Å². The highest BCUT2D eigenvalue weighted by Crippen LogP contribution is 2.35. The lowest BCUT2D eigenvalue weighted by Crippen LogP contribution is -2.42. The van der Waals surface area contributed by atoms with Gasteiger partial charge >= 0.3 is 6.03 Å². The van der Waals surface area contributed by atoms with Crippen LogP contribution in [0, 0.1) is 0 Å². The molecule has 0 fully saturated rings. The summed E-state index contributed by atoms with van der Waals surface area (Å²) in [6, 6.07) is 6.61. The van der Waals surface area contributed by atoms with Gasteiger partial charge in [0.1, 0.15) is 5.75 Å². The van der Waals surface area contributed by atoms with E-state index in [-0.39, 0.29) is 34.7 Å². The minimum absolute atomic E-state index is 0.00383. The summed E-state index contributed by atoms with van der Waals surface area (Å²) >= 11 is 12.0.